The maximum absolute atomic E-state index is 12.3. The summed E-state index contributed by atoms with van der Waals surface area (Å²) >= 11 is 4.74. The maximum atomic E-state index is 12.3. The molecule has 0 N–H and O–H groups in total. The van der Waals surface area contributed by atoms with Crippen LogP contribution >= 0.6 is 27.7 Å². The molecule has 0 amide bonds. The normalized spacial score (nSPS) is 12.0. The minimum atomic E-state index is -0.244. The summed E-state index contributed by atoms with van der Waals surface area (Å²) < 4.78 is 8.72. The molecule has 7 heteroatoms. The van der Waals surface area contributed by atoms with Gasteiger partial charge in [-0.15, -0.1) is 10.2 Å². The van der Waals surface area contributed by atoms with Gasteiger partial charge in [-0.25, -0.2) is 0 Å². The molecule has 0 aliphatic heterocycles. The lowest BCUT2D eigenvalue weighted by molar-refractivity contribution is 0.102. The van der Waals surface area contributed by atoms with Gasteiger partial charge in [-0.05, 0) is 31.2 Å². The highest BCUT2D eigenvalue weighted by molar-refractivity contribution is 9.10. The largest absolute Gasteiger partial charge is 0.483 e. The Balaban J connectivity index is 1.63. The van der Waals surface area contributed by atoms with Crippen molar-refractivity contribution in [3.63, 3.8) is 0 Å². The Morgan fingerprint density at radius 3 is 2.54 bits per heavy atom. The van der Waals surface area contributed by atoms with E-state index < -0.39 is 0 Å². The Labute approximate surface area is 164 Å². The van der Waals surface area contributed by atoms with Crippen molar-refractivity contribution in [3.8, 4) is 5.75 Å². The second-order valence-electron chi connectivity index (χ2n) is 5.69. The molecule has 0 aliphatic rings. The zero-order chi connectivity index (χ0) is 18.5. The van der Waals surface area contributed by atoms with Gasteiger partial charge >= 0.3 is 0 Å². The second-order valence-corrected chi connectivity index (χ2v) is 7.55. The van der Waals surface area contributed by atoms with Crippen LogP contribution in [0.25, 0.3) is 0 Å². The second kappa shape index (κ2) is 8.51. The van der Waals surface area contributed by atoms with E-state index in [2.05, 4.69) is 26.1 Å². The topological polar surface area (TPSA) is 57.0 Å². The zero-order valence-electron chi connectivity index (χ0n) is 14.4. The average Bonchev–Trinajstić information content (AvgIpc) is 3.02. The first-order valence-corrected chi connectivity index (χ1v) is 9.85. The number of carbonyl (C=O) groups is 1. The number of hydrogen-bond acceptors (Lipinski definition) is 5. The number of carbonyl (C=O) groups excluding carboxylic acids is 1. The van der Waals surface area contributed by atoms with E-state index in [0.717, 1.165) is 10.2 Å². The first kappa shape index (κ1) is 18.7. The van der Waals surface area contributed by atoms with Crippen LogP contribution in [0.15, 0.2) is 64.2 Å². The van der Waals surface area contributed by atoms with E-state index in [1.54, 1.807) is 0 Å². The first-order valence-electron chi connectivity index (χ1n) is 8.07. The summed E-state index contributed by atoms with van der Waals surface area (Å²) in [6.07, 6.45) is -0.244. The Kier molecular flexibility index (Phi) is 6.11. The molecule has 1 heterocycles. The lowest BCUT2D eigenvalue weighted by Crippen LogP contribution is -2.10. The van der Waals surface area contributed by atoms with Crippen LogP contribution in [0.2, 0.25) is 0 Å². The average molecular weight is 432 g/mol. The van der Waals surface area contributed by atoms with Crippen LogP contribution in [0.5, 0.6) is 5.75 Å². The maximum Gasteiger partial charge on any atom is 0.191 e. The molecule has 1 atom stereocenters. The smallest absolute Gasteiger partial charge is 0.191 e. The highest BCUT2D eigenvalue weighted by Crippen LogP contribution is 2.24. The van der Waals surface area contributed by atoms with Gasteiger partial charge < -0.3 is 9.30 Å². The summed E-state index contributed by atoms with van der Waals surface area (Å²) in [7, 11) is 1.88. The third-order valence-electron chi connectivity index (χ3n) is 3.79. The van der Waals surface area contributed by atoms with Gasteiger partial charge in [-0.1, -0.05) is 58.0 Å². The number of para-hydroxylation sites is 1. The van der Waals surface area contributed by atoms with Gasteiger partial charge in [0.05, 0.1) is 5.75 Å². The van der Waals surface area contributed by atoms with Gasteiger partial charge in [-0.3, -0.25) is 4.79 Å². The predicted molar refractivity (Wildman–Crippen MR) is 106 cm³/mol. The summed E-state index contributed by atoms with van der Waals surface area (Å²) in [6, 6.07) is 16.9. The summed E-state index contributed by atoms with van der Waals surface area (Å²) in [5.41, 5.74) is 0.684. The van der Waals surface area contributed by atoms with Crippen LogP contribution in [0.4, 0.5) is 0 Å². The molecule has 3 aromatic rings. The number of benzene rings is 2. The summed E-state index contributed by atoms with van der Waals surface area (Å²) in [5.74, 6) is 1.86. The van der Waals surface area contributed by atoms with Gasteiger partial charge in [0.1, 0.15) is 5.75 Å². The number of Topliss-reactive ketones (excluding diaryl/α,β-unsaturated/α-hetero) is 1. The fourth-order valence-electron chi connectivity index (χ4n) is 2.41. The standard InChI is InChI=1S/C19H18BrN3O2S/c1-13(25-16-6-4-3-5-7-16)18-21-22-19(23(18)2)26-12-17(24)14-8-10-15(20)11-9-14/h3-11,13H,12H2,1-2H3. The van der Waals surface area contributed by atoms with Gasteiger partial charge in [0.15, 0.2) is 22.9 Å². The molecule has 0 fully saturated rings. The lowest BCUT2D eigenvalue weighted by atomic mass is 10.2. The van der Waals surface area contributed by atoms with E-state index in [-0.39, 0.29) is 11.9 Å². The van der Waals surface area contributed by atoms with Crippen LogP contribution in [-0.4, -0.2) is 26.3 Å². The number of rotatable bonds is 7. The van der Waals surface area contributed by atoms with Gasteiger partial charge in [-0.2, -0.15) is 0 Å². The van der Waals surface area contributed by atoms with Crippen LogP contribution < -0.4 is 4.74 Å². The zero-order valence-corrected chi connectivity index (χ0v) is 16.8. The molecule has 5 nitrogen and oxygen atoms in total. The van der Waals surface area contributed by atoms with Crippen LogP contribution in [0.3, 0.4) is 0 Å². The molecule has 0 bridgehead atoms. The lowest BCUT2D eigenvalue weighted by Gasteiger charge is -2.14. The molecule has 0 spiro atoms. The van der Waals surface area contributed by atoms with Crippen LogP contribution in [0, 0.1) is 0 Å². The molecule has 3 rings (SSSR count). The molecule has 2 aromatic carbocycles. The predicted octanol–water partition coefficient (Wildman–Crippen LogP) is 4.69. The van der Waals surface area contributed by atoms with Crippen molar-refractivity contribution >= 4 is 33.5 Å². The van der Waals surface area contributed by atoms with Crippen molar-refractivity contribution in [1.82, 2.24) is 14.8 Å². The molecule has 0 saturated heterocycles. The van der Waals surface area contributed by atoms with E-state index in [0.29, 0.717) is 22.3 Å². The monoisotopic (exact) mass is 431 g/mol. The van der Waals surface area contributed by atoms with Crippen molar-refractivity contribution in [1.29, 1.82) is 0 Å². The number of ketones is 1. The van der Waals surface area contributed by atoms with E-state index in [1.807, 2.05) is 73.1 Å². The highest BCUT2D eigenvalue weighted by Gasteiger charge is 2.18. The molecule has 1 unspecified atom stereocenters. The Morgan fingerprint density at radius 2 is 1.85 bits per heavy atom. The van der Waals surface area contributed by atoms with Crippen LogP contribution in [0.1, 0.15) is 29.2 Å². The van der Waals surface area contributed by atoms with E-state index in [1.165, 1.54) is 11.8 Å². The number of halogens is 1. The molecule has 134 valence electrons. The fourth-order valence-corrected chi connectivity index (χ4v) is 3.49. The SMILES string of the molecule is CC(Oc1ccccc1)c1nnc(SCC(=O)c2ccc(Br)cc2)n1C. The molecule has 0 saturated carbocycles. The van der Waals surface area contributed by atoms with Gasteiger partial charge in [0, 0.05) is 17.1 Å². The van der Waals surface area contributed by atoms with Crippen molar-refractivity contribution in [2.24, 2.45) is 7.05 Å². The number of hydrogen-bond donors (Lipinski definition) is 0. The number of ether oxygens (including phenoxy) is 1. The van der Waals surface area contributed by atoms with Gasteiger partial charge in [0.25, 0.3) is 0 Å². The minimum Gasteiger partial charge on any atom is -0.483 e. The van der Waals surface area contributed by atoms with Crippen molar-refractivity contribution in [3.05, 3.63) is 70.5 Å². The molecule has 0 radical (unpaired) electrons. The molecule has 26 heavy (non-hydrogen) atoms. The quantitative estimate of drug-likeness (QED) is 0.401. The number of aromatic nitrogens is 3. The van der Waals surface area contributed by atoms with Crippen molar-refractivity contribution in [2.75, 3.05) is 5.75 Å². The Bertz CT molecular complexity index is 882. The molecule has 0 aliphatic carbocycles. The van der Waals surface area contributed by atoms with E-state index in [4.69, 9.17) is 4.74 Å². The molecular weight excluding hydrogens is 414 g/mol. The van der Waals surface area contributed by atoms with E-state index >= 15 is 0 Å². The number of thioether (sulfide) groups is 1. The summed E-state index contributed by atoms with van der Waals surface area (Å²) in [5, 5.41) is 9.11. The highest BCUT2D eigenvalue weighted by atomic mass is 79.9. The Morgan fingerprint density at radius 1 is 1.15 bits per heavy atom. The summed E-state index contributed by atoms with van der Waals surface area (Å²) in [4.78, 5) is 12.3. The molecule has 1 aromatic heterocycles. The fraction of sp³-hybridized carbons (Fsp3) is 0.211. The van der Waals surface area contributed by atoms with Crippen LogP contribution in [-0.2, 0) is 7.05 Å². The minimum absolute atomic E-state index is 0.0561. The third kappa shape index (κ3) is 4.53. The molecular formula is C19H18BrN3O2S. The van der Waals surface area contributed by atoms with Gasteiger partial charge in [0.2, 0.25) is 0 Å². The first-order chi connectivity index (χ1) is 12.5. The van der Waals surface area contributed by atoms with E-state index in [9.17, 15) is 4.79 Å². The van der Waals surface area contributed by atoms with Crippen molar-refractivity contribution in [2.45, 2.75) is 18.2 Å². The van der Waals surface area contributed by atoms with Crippen molar-refractivity contribution < 1.29 is 9.53 Å². The third-order valence-corrected chi connectivity index (χ3v) is 5.34. The number of nitrogens with zero attached hydrogens (tertiary/aromatic N) is 3. The Hall–Kier alpha value is -2.12. The summed E-state index contributed by atoms with van der Waals surface area (Å²) in [6.45, 7) is 1.93.